The number of hydrogen-bond acceptors (Lipinski definition) is 3. The normalized spacial score (nSPS) is 22.0. The van der Waals surface area contributed by atoms with E-state index in [2.05, 4.69) is 41.0 Å². The minimum atomic E-state index is 0.313. The van der Waals surface area contributed by atoms with Crippen molar-refractivity contribution in [2.45, 2.75) is 64.5 Å². The van der Waals surface area contributed by atoms with Gasteiger partial charge in [-0.2, -0.15) is 5.10 Å². The van der Waals surface area contributed by atoms with Crippen LogP contribution in [0.5, 0.6) is 0 Å². The summed E-state index contributed by atoms with van der Waals surface area (Å²) in [4.78, 5) is 4.69. The first-order valence-electron chi connectivity index (χ1n) is 8.40. The maximum Gasteiger partial charge on any atom is 0.147 e. The average molecular weight is 298 g/mol. The first kappa shape index (κ1) is 15.2. The quantitative estimate of drug-likeness (QED) is 0.943. The summed E-state index contributed by atoms with van der Waals surface area (Å²) in [6.07, 6.45) is 5.63. The zero-order chi connectivity index (χ0) is 15.5. The van der Waals surface area contributed by atoms with Crippen molar-refractivity contribution >= 4 is 0 Å². The van der Waals surface area contributed by atoms with Gasteiger partial charge >= 0.3 is 0 Å². The number of hydrogen-bond donors (Lipinski definition) is 1. The monoisotopic (exact) mass is 298 g/mol. The molecule has 2 aromatic rings. The predicted molar refractivity (Wildman–Crippen MR) is 88.9 cm³/mol. The summed E-state index contributed by atoms with van der Waals surface area (Å²) < 4.78 is 2.08. The van der Waals surface area contributed by atoms with E-state index in [-0.39, 0.29) is 0 Å². The molecule has 1 aromatic carbocycles. The molecule has 0 unspecified atom stereocenters. The van der Waals surface area contributed by atoms with E-state index < -0.39 is 0 Å². The van der Waals surface area contributed by atoms with Crippen molar-refractivity contribution in [3.8, 4) is 0 Å². The van der Waals surface area contributed by atoms with Crippen molar-refractivity contribution in [1.29, 1.82) is 0 Å². The van der Waals surface area contributed by atoms with Crippen LogP contribution in [0.15, 0.2) is 24.3 Å². The molecule has 1 aliphatic rings. The van der Waals surface area contributed by atoms with Crippen LogP contribution in [0, 0.1) is 6.92 Å². The standard InChI is InChI=1S/C18H26N4/c1-3-14-7-9-15(10-8-14)12-22-18(20-13(2)21-22)16-5-4-6-17(19)11-16/h7-10,16-17H,3-6,11-12,19H2,1-2H3/t16-,17+/m1/s1. The van der Waals surface area contributed by atoms with Crippen molar-refractivity contribution in [2.75, 3.05) is 0 Å². The van der Waals surface area contributed by atoms with E-state index in [1.54, 1.807) is 0 Å². The molecule has 1 fully saturated rings. The largest absolute Gasteiger partial charge is 0.328 e. The third-order valence-corrected chi connectivity index (χ3v) is 4.65. The van der Waals surface area contributed by atoms with Crippen molar-refractivity contribution in [2.24, 2.45) is 5.73 Å². The van der Waals surface area contributed by atoms with Gasteiger partial charge in [0.25, 0.3) is 0 Å². The number of rotatable bonds is 4. The van der Waals surface area contributed by atoms with Gasteiger partial charge in [-0.05, 0) is 43.7 Å². The summed E-state index contributed by atoms with van der Waals surface area (Å²) in [5.74, 6) is 2.44. The van der Waals surface area contributed by atoms with Crippen LogP contribution < -0.4 is 5.73 Å². The smallest absolute Gasteiger partial charge is 0.147 e. The van der Waals surface area contributed by atoms with Crippen LogP contribution in [0.2, 0.25) is 0 Å². The summed E-state index contributed by atoms with van der Waals surface area (Å²) in [7, 11) is 0. The molecule has 4 nitrogen and oxygen atoms in total. The lowest BCUT2D eigenvalue weighted by Crippen LogP contribution is -2.28. The number of aryl methyl sites for hydroxylation is 2. The van der Waals surface area contributed by atoms with Crippen LogP contribution in [0.4, 0.5) is 0 Å². The number of aromatic nitrogens is 3. The summed E-state index contributed by atoms with van der Waals surface area (Å²) in [6.45, 7) is 4.95. The minimum Gasteiger partial charge on any atom is -0.328 e. The van der Waals surface area contributed by atoms with Gasteiger partial charge in [0.15, 0.2) is 0 Å². The molecule has 0 spiro atoms. The second kappa shape index (κ2) is 6.61. The molecule has 0 amide bonds. The molecule has 0 aliphatic heterocycles. The summed E-state index contributed by atoms with van der Waals surface area (Å²) in [6, 6.07) is 9.12. The van der Waals surface area contributed by atoms with Crippen LogP contribution in [0.25, 0.3) is 0 Å². The third-order valence-electron chi connectivity index (χ3n) is 4.65. The Balaban J connectivity index is 1.80. The molecule has 118 valence electrons. The fraction of sp³-hybridized carbons (Fsp3) is 0.556. The lowest BCUT2D eigenvalue weighted by molar-refractivity contribution is 0.371. The Morgan fingerprint density at radius 3 is 2.59 bits per heavy atom. The van der Waals surface area contributed by atoms with Crippen molar-refractivity contribution in [1.82, 2.24) is 14.8 Å². The number of benzene rings is 1. The Kier molecular flexibility index (Phi) is 4.57. The van der Waals surface area contributed by atoms with Crippen LogP contribution in [0.1, 0.15) is 61.3 Å². The Morgan fingerprint density at radius 1 is 1.18 bits per heavy atom. The highest BCUT2D eigenvalue weighted by Crippen LogP contribution is 2.31. The molecule has 1 aliphatic carbocycles. The molecule has 22 heavy (non-hydrogen) atoms. The van der Waals surface area contributed by atoms with Crippen molar-refractivity contribution < 1.29 is 0 Å². The van der Waals surface area contributed by atoms with E-state index in [0.29, 0.717) is 12.0 Å². The topological polar surface area (TPSA) is 56.7 Å². The van der Waals surface area contributed by atoms with Gasteiger partial charge in [-0.1, -0.05) is 37.6 Å². The molecular weight excluding hydrogens is 272 g/mol. The van der Waals surface area contributed by atoms with Gasteiger partial charge in [0.05, 0.1) is 6.54 Å². The van der Waals surface area contributed by atoms with E-state index in [0.717, 1.165) is 37.5 Å². The fourth-order valence-electron chi connectivity index (χ4n) is 3.41. The Bertz CT molecular complexity index is 615. The highest BCUT2D eigenvalue weighted by atomic mass is 15.3. The second-order valence-electron chi connectivity index (χ2n) is 6.47. The molecule has 4 heteroatoms. The van der Waals surface area contributed by atoms with Gasteiger partial charge < -0.3 is 5.73 Å². The SMILES string of the molecule is CCc1ccc(Cn2nc(C)nc2[C@@H]2CCC[C@H](N)C2)cc1. The molecule has 2 atom stereocenters. The molecule has 1 heterocycles. The Labute approximate surface area is 132 Å². The van der Waals surface area contributed by atoms with Crippen LogP contribution in [0.3, 0.4) is 0 Å². The minimum absolute atomic E-state index is 0.313. The Hall–Kier alpha value is -1.68. The Morgan fingerprint density at radius 2 is 1.91 bits per heavy atom. The van der Waals surface area contributed by atoms with E-state index in [1.807, 2.05) is 6.92 Å². The number of nitrogens with zero attached hydrogens (tertiary/aromatic N) is 3. The molecule has 0 saturated heterocycles. The molecule has 1 saturated carbocycles. The summed E-state index contributed by atoms with van der Waals surface area (Å²) >= 11 is 0. The van der Waals surface area contributed by atoms with Crippen molar-refractivity contribution in [3.05, 3.63) is 47.0 Å². The van der Waals surface area contributed by atoms with E-state index in [1.165, 1.54) is 24.0 Å². The van der Waals surface area contributed by atoms with Gasteiger partial charge in [-0.3, -0.25) is 0 Å². The van der Waals surface area contributed by atoms with Gasteiger partial charge in [-0.25, -0.2) is 9.67 Å². The molecular formula is C18H26N4. The van der Waals surface area contributed by atoms with Gasteiger partial charge in [0, 0.05) is 12.0 Å². The first-order valence-corrected chi connectivity index (χ1v) is 8.40. The van der Waals surface area contributed by atoms with Gasteiger partial charge in [0.1, 0.15) is 11.6 Å². The van der Waals surface area contributed by atoms with E-state index in [4.69, 9.17) is 10.7 Å². The van der Waals surface area contributed by atoms with E-state index in [9.17, 15) is 0 Å². The second-order valence-corrected chi connectivity index (χ2v) is 6.47. The van der Waals surface area contributed by atoms with Crippen LogP contribution >= 0.6 is 0 Å². The third kappa shape index (κ3) is 3.38. The molecule has 2 N–H and O–H groups in total. The molecule has 3 rings (SSSR count). The van der Waals surface area contributed by atoms with Crippen LogP contribution in [-0.2, 0) is 13.0 Å². The van der Waals surface area contributed by atoms with E-state index >= 15 is 0 Å². The summed E-state index contributed by atoms with van der Waals surface area (Å²) in [5, 5.41) is 4.61. The summed E-state index contributed by atoms with van der Waals surface area (Å²) in [5.41, 5.74) is 8.80. The molecule has 1 aromatic heterocycles. The highest BCUT2D eigenvalue weighted by molar-refractivity contribution is 5.23. The van der Waals surface area contributed by atoms with Crippen molar-refractivity contribution in [3.63, 3.8) is 0 Å². The zero-order valence-electron chi connectivity index (χ0n) is 13.6. The number of nitrogens with two attached hydrogens (primary N) is 1. The maximum absolute atomic E-state index is 6.15. The molecule has 0 bridgehead atoms. The molecule has 0 radical (unpaired) electrons. The maximum atomic E-state index is 6.15. The lowest BCUT2D eigenvalue weighted by Gasteiger charge is -2.26. The van der Waals surface area contributed by atoms with Crippen LogP contribution in [-0.4, -0.2) is 20.8 Å². The highest BCUT2D eigenvalue weighted by Gasteiger charge is 2.25. The average Bonchev–Trinajstić information content (AvgIpc) is 2.89. The van der Waals surface area contributed by atoms with Gasteiger partial charge in [0.2, 0.25) is 0 Å². The van der Waals surface area contributed by atoms with Gasteiger partial charge in [-0.15, -0.1) is 0 Å². The zero-order valence-corrected chi connectivity index (χ0v) is 13.6. The fourth-order valence-corrected chi connectivity index (χ4v) is 3.41. The lowest BCUT2D eigenvalue weighted by atomic mass is 9.85. The predicted octanol–water partition coefficient (Wildman–Crippen LogP) is 3.18. The first-order chi connectivity index (χ1) is 10.7.